The maximum atomic E-state index is 13.0. The molecule has 1 amide bonds. The third-order valence-corrected chi connectivity index (χ3v) is 7.03. The predicted octanol–water partition coefficient (Wildman–Crippen LogP) is 4.44. The van der Waals surface area contributed by atoms with E-state index in [-0.39, 0.29) is 11.7 Å². The number of rotatable bonds is 5. The second-order valence-electron chi connectivity index (χ2n) is 6.72. The number of piperazine rings is 1. The number of thioether (sulfide) groups is 1. The largest absolute Gasteiger partial charge is 0.345 e. The summed E-state index contributed by atoms with van der Waals surface area (Å²) in [6, 6.07) is 12.6. The van der Waals surface area contributed by atoms with Crippen LogP contribution in [-0.2, 0) is 11.2 Å². The molecule has 0 N–H and O–H groups in total. The molecule has 7 heteroatoms. The molecule has 1 fully saturated rings. The Morgan fingerprint density at radius 3 is 2.61 bits per heavy atom. The van der Waals surface area contributed by atoms with E-state index in [2.05, 4.69) is 30.0 Å². The highest BCUT2D eigenvalue weighted by molar-refractivity contribution is 8.00. The summed E-state index contributed by atoms with van der Waals surface area (Å²) < 4.78 is 14.2. The van der Waals surface area contributed by atoms with E-state index >= 15 is 0 Å². The molecule has 3 aromatic rings. The number of aromatic nitrogens is 1. The van der Waals surface area contributed by atoms with Crippen LogP contribution in [0.4, 0.5) is 9.52 Å². The van der Waals surface area contributed by atoms with Gasteiger partial charge in [-0.3, -0.25) is 4.79 Å². The molecule has 0 radical (unpaired) electrons. The van der Waals surface area contributed by atoms with Crippen molar-refractivity contribution < 1.29 is 9.18 Å². The number of carbonyl (C=O) groups is 1. The van der Waals surface area contributed by atoms with E-state index in [0.29, 0.717) is 18.8 Å². The third kappa shape index (κ3) is 4.15. The standard InChI is InChI=1S/C21H22FN3OS2/c1-2-15-4-3-5-18-20(15)23-21(28-18)25-12-10-24(11-13-25)19(26)14-27-17-8-6-16(22)7-9-17/h3-9H,2,10-14H2,1H3. The lowest BCUT2D eigenvalue weighted by Gasteiger charge is -2.34. The molecule has 1 aliphatic heterocycles. The quantitative estimate of drug-likeness (QED) is 0.578. The monoisotopic (exact) mass is 415 g/mol. The molecular formula is C21H22FN3OS2. The van der Waals surface area contributed by atoms with E-state index in [1.807, 2.05) is 4.90 Å². The number of aryl methyl sites for hydroxylation is 1. The maximum absolute atomic E-state index is 13.0. The van der Waals surface area contributed by atoms with Crippen LogP contribution in [0.2, 0.25) is 0 Å². The molecule has 4 nitrogen and oxygen atoms in total. The summed E-state index contributed by atoms with van der Waals surface area (Å²) in [5.41, 5.74) is 2.39. The Hall–Kier alpha value is -2.12. The molecule has 2 aromatic carbocycles. The van der Waals surface area contributed by atoms with Gasteiger partial charge in [0.05, 0.1) is 16.0 Å². The van der Waals surface area contributed by atoms with Gasteiger partial charge >= 0.3 is 0 Å². The molecular weight excluding hydrogens is 393 g/mol. The Morgan fingerprint density at radius 2 is 1.89 bits per heavy atom. The van der Waals surface area contributed by atoms with E-state index in [1.54, 1.807) is 23.5 Å². The highest BCUT2D eigenvalue weighted by Gasteiger charge is 2.23. The van der Waals surface area contributed by atoms with Gasteiger partial charge in [0.25, 0.3) is 0 Å². The normalized spacial score (nSPS) is 14.6. The fourth-order valence-electron chi connectivity index (χ4n) is 3.33. The van der Waals surface area contributed by atoms with Gasteiger partial charge in [0.2, 0.25) is 5.91 Å². The molecule has 0 spiro atoms. The van der Waals surface area contributed by atoms with Crippen molar-refractivity contribution in [3.05, 3.63) is 53.8 Å². The molecule has 0 aliphatic carbocycles. The van der Waals surface area contributed by atoms with Crippen LogP contribution in [0.5, 0.6) is 0 Å². The fourth-order valence-corrected chi connectivity index (χ4v) is 5.20. The number of para-hydroxylation sites is 1. The van der Waals surface area contributed by atoms with Gasteiger partial charge in [-0.25, -0.2) is 9.37 Å². The molecule has 2 heterocycles. The van der Waals surface area contributed by atoms with Crippen molar-refractivity contribution in [2.75, 3.05) is 36.8 Å². The molecule has 1 saturated heterocycles. The van der Waals surface area contributed by atoms with E-state index < -0.39 is 0 Å². The number of amides is 1. The van der Waals surface area contributed by atoms with Crippen LogP contribution in [0.1, 0.15) is 12.5 Å². The number of benzene rings is 2. The van der Waals surface area contributed by atoms with Crippen LogP contribution in [0.15, 0.2) is 47.4 Å². The first-order chi connectivity index (χ1) is 13.6. The molecule has 28 heavy (non-hydrogen) atoms. The Kier molecular flexibility index (Phi) is 5.82. The fraction of sp³-hybridized carbons (Fsp3) is 0.333. The molecule has 1 aromatic heterocycles. The van der Waals surface area contributed by atoms with Gasteiger partial charge in [-0.15, -0.1) is 11.8 Å². The molecule has 1 aliphatic rings. The summed E-state index contributed by atoms with van der Waals surface area (Å²) in [5.74, 6) is 0.256. The summed E-state index contributed by atoms with van der Waals surface area (Å²) in [5, 5.41) is 1.05. The predicted molar refractivity (Wildman–Crippen MR) is 115 cm³/mol. The van der Waals surface area contributed by atoms with E-state index in [1.165, 1.54) is 34.2 Å². The lowest BCUT2D eigenvalue weighted by molar-refractivity contribution is -0.128. The minimum Gasteiger partial charge on any atom is -0.345 e. The average Bonchev–Trinajstić information content (AvgIpc) is 3.17. The van der Waals surface area contributed by atoms with Crippen LogP contribution >= 0.6 is 23.1 Å². The van der Waals surface area contributed by atoms with Gasteiger partial charge in [0.15, 0.2) is 5.13 Å². The smallest absolute Gasteiger partial charge is 0.233 e. The first-order valence-corrected chi connectivity index (χ1v) is 11.2. The number of halogens is 1. The van der Waals surface area contributed by atoms with Crippen molar-refractivity contribution in [3.8, 4) is 0 Å². The van der Waals surface area contributed by atoms with Gasteiger partial charge in [0, 0.05) is 31.1 Å². The summed E-state index contributed by atoms with van der Waals surface area (Å²) in [6.07, 6.45) is 0.981. The number of hydrogen-bond donors (Lipinski definition) is 0. The van der Waals surface area contributed by atoms with Gasteiger partial charge < -0.3 is 9.80 Å². The summed E-state index contributed by atoms with van der Waals surface area (Å²) in [7, 11) is 0. The molecule has 0 bridgehead atoms. The van der Waals surface area contributed by atoms with Crippen LogP contribution in [0.3, 0.4) is 0 Å². The van der Waals surface area contributed by atoms with Crippen molar-refractivity contribution >= 4 is 44.4 Å². The molecule has 0 atom stereocenters. The zero-order chi connectivity index (χ0) is 19.5. The van der Waals surface area contributed by atoms with Crippen molar-refractivity contribution in [2.45, 2.75) is 18.2 Å². The van der Waals surface area contributed by atoms with Crippen LogP contribution in [0, 0.1) is 5.82 Å². The van der Waals surface area contributed by atoms with E-state index in [4.69, 9.17) is 4.98 Å². The van der Waals surface area contributed by atoms with Gasteiger partial charge in [-0.1, -0.05) is 30.4 Å². The SMILES string of the molecule is CCc1cccc2sc(N3CCN(C(=O)CSc4ccc(F)cc4)CC3)nc12. The van der Waals surface area contributed by atoms with E-state index in [0.717, 1.165) is 35.1 Å². The number of hydrogen-bond acceptors (Lipinski definition) is 5. The minimum atomic E-state index is -0.257. The minimum absolute atomic E-state index is 0.131. The summed E-state index contributed by atoms with van der Waals surface area (Å²) in [4.78, 5) is 22.5. The van der Waals surface area contributed by atoms with E-state index in [9.17, 15) is 9.18 Å². The van der Waals surface area contributed by atoms with Crippen LogP contribution in [-0.4, -0.2) is 47.7 Å². The van der Waals surface area contributed by atoms with Crippen molar-refractivity contribution in [1.29, 1.82) is 0 Å². The van der Waals surface area contributed by atoms with Crippen molar-refractivity contribution in [2.24, 2.45) is 0 Å². The molecule has 0 saturated carbocycles. The Bertz CT molecular complexity index is 965. The number of thiazole rings is 1. The molecule has 146 valence electrons. The first-order valence-electron chi connectivity index (χ1n) is 9.43. The highest BCUT2D eigenvalue weighted by atomic mass is 32.2. The zero-order valence-electron chi connectivity index (χ0n) is 15.7. The average molecular weight is 416 g/mol. The second-order valence-corrected chi connectivity index (χ2v) is 8.78. The Labute approximate surface area is 172 Å². The number of carbonyl (C=O) groups excluding carboxylic acids is 1. The highest BCUT2D eigenvalue weighted by Crippen LogP contribution is 2.31. The summed E-state index contributed by atoms with van der Waals surface area (Å²) in [6.45, 7) is 5.17. The third-order valence-electron chi connectivity index (χ3n) is 4.95. The topological polar surface area (TPSA) is 36.4 Å². The number of fused-ring (bicyclic) bond motifs is 1. The molecule has 0 unspecified atom stereocenters. The molecule has 4 rings (SSSR count). The van der Waals surface area contributed by atoms with Gasteiger partial charge in [-0.2, -0.15) is 0 Å². The second kappa shape index (κ2) is 8.49. The van der Waals surface area contributed by atoms with Crippen LogP contribution in [0.25, 0.3) is 10.2 Å². The first kappa shape index (κ1) is 19.2. The number of nitrogens with zero attached hydrogens (tertiary/aromatic N) is 3. The van der Waals surface area contributed by atoms with Crippen molar-refractivity contribution in [3.63, 3.8) is 0 Å². The van der Waals surface area contributed by atoms with Gasteiger partial charge in [0.1, 0.15) is 5.82 Å². The number of anilines is 1. The van der Waals surface area contributed by atoms with Gasteiger partial charge in [-0.05, 0) is 42.3 Å². The lowest BCUT2D eigenvalue weighted by atomic mass is 10.1. The van der Waals surface area contributed by atoms with Crippen LogP contribution < -0.4 is 4.90 Å². The zero-order valence-corrected chi connectivity index (χ0v) is 17.4. The maximum Gasteiger partial charge on any atom is 0.233 e. The lowest BCUT2D eigenvalue weighted by Crippen LogP contribution is -2.49. The Morgan fingerprint density at radius 1 is 1.14 bits per heavy atom. The van der Waals surface area contributed by atoms with Crippen molar-refractivity contribution in [1.82, 2.24) is 9.88 Å². The Balaban J connectivity index is 1.34. The summed E-state index contributed by atoms with van der Waals surface area (Å²) >= 11 is 3.18.